The van der Waals surface area contributed by atoms with Crippen LogP contribution in [0.4, 0.5) is 8.78 Å². The van der Waals surface area contributed by atoms with E-state index in [0.717, 1.165) is 5.56 Å². The molecule has 0 radical (unpaired) electrons. The summed E-state index contributed by atoms with van der Waals surface area (Å²) in [7, 11) is 0. The first kappa shape index (κ1) is 24.6. The molecule has 186 valence electrons. The van der Waals surface area contributed by atoms with Crippen LogP contribution in [0.1, 0.15) is 47.3 Å². The molecule has 2 aliphatic rings. The third-order valence-electron chi connectivity index (χ3n) is 6.50. The number of hydrogen-bond acceptors (Lipinski definition) is 5. The Balaban J connectivity index is 1.60. The standard InChI is InChI=1S/C25H27F2N3O5/c1-25(9-11-34-12-10-25)24(33)30-14-18-8-7-17(22(31)28-29-23(32)21(26)27)13-20(18)35-15-19(30)16-5-3-2-4-6-16/h2-8,13,19,21H,9-12,14-15H2,1H3,(H,28,31)(H,29,32). The molecular formula is C25H27F2N3O5. The summed E-state index contributed by atoms with van der Waals surface area (Å²) in [6.07, 6.45) is -2.00. The number of nitrogens with one attached hydrogen (secondary N) is 2. The predicted octanol–water partition coefficient (Wildman–Crippen LogP) is 2.99. The summed E-state index contributed by atoms with van der Waals surface area (Å²) in [6.45, 7) is 3.46. The third kappa shape index (κ3) is 5.43. The second-order valence-corrected chi connectivity index (χ2v) is 8.91. The number of carbonyl (C=O) groups excluding carboxylic acids is 3. The van der Waals surface area contributed by atoms with Crippen LogP contribution in [0.25, 0.3) is 0 Å². The minimum atomic E-state index is -3.25. The van der Waals surface area contributed by atoms with E-state index < -0.39 is 23.7 Å². The van der Waals surface area contributed by atoms with Gasteiger partial charge in [-0.2, -0.15) is 8.78 Å². The number of halogens is 2. The van der Waals surface area contributed by atoms with Crippen molar-refractivity contribution in [3.63, 3.8) is 0 Å². The van der Waals surface area contributed by atoms with Gasteiger partial charge in [-0.3, -0.25) is 25.2 Å². The fourth-order valence-corrected chi connectivity index (χ4v) is 4.31. The van der Waals surface area contributed by atoms with Crippen molar-refractivity contribution in [2.75, 3.05) is 19.8 Å². The van der Waals surface area contributed by atoms with Crippen molar-refractivity contribution in [3.8, 4) is 5.75 Å². The number of alkyl halides is 2. The normalized spacial score (nSPS) is 19.2. The van der Waals surface area contributed by atoms with E-state index in [0.29, 0.717) is 37.4 Å². The largest absolute Gasteiger partial charge is 0.491 e. The molecule has 2 aromatic carbocycles. The number of amides is 3. The molecule has 2 aromatic rings. The first-order valence-corrected chi connectivity index (χ1v) is 11.4. The lowest BCUT2D eigenvalue weighted by atomic mass is 9.80. The summed E-state index contributed by atoms with van der Waals surface area (Å²) in [5, 5.41) is 0. The number of nitrogens with zero attached hydrogens (tertiary/aromatic N) is 1. The molecule has 0 aliphatic carbocycles. The molecule has 4 rings (SSSR count). The number of rotatable bonds is 4. The molecule has 2 N–H and O–H groups in total. The van der Waals surface area contributed by atoms with E-state index in [1.165, 1.54) is 12.1 Å². The molecule has 0 bridgehead atoms. The van der Waals surface area contributed by atoms with Gasteiger partial charge in [0.1, 0.15) is 12.4 Å². The molecule has 35 heavy (non-hydrogen) atoms. The Kier molecular flexibility index (Phi) is 7.30. The second kappa shape index (κ2) is 10.4. The molecule has 1 unspecified atom stereocenters. The average molecular weight is 488 g/mol. The topological polar surface area (TPSA) is 97.0 Å². The molecule has 3 amide bonds. The van der Waals surface area contributed by atoms with E-state index in [2.05, 4.69) is 0 Å². The number of fused-ring (bicyclic) bond motifs is 1. The highest BCUT2D eigenvalue weighted by Gasteiger charge is 2.42. The van der Waals surface area contributed by atoms with Gasteiger partial charge in [-0.15, -0.1) is 0 Å². The smallest absolute Gasteiger partial charge is 0.317 e. The number of hydrazine groups is 1. The molecule has 1 fully saturated rings. The van der Waals surface area contributed by atoms with Crippen LogP contribution in [-0.4, -0.2) is 48.9 Å². The maximum atomic E-state index is 13.8. The SMILES string of the molecule is CC1(C(=O)N2Cc3ccc(C(=O)NNC(=O)C(F)F)cc3OCC2c2ccccc2)CCOCC1. The Morgan fingerprint density at radius 1 is 1.06 bits per heavy atom. The zero-order chi connectivity index (χ0) is 25.0. The number of ether oxygens (including phenoxy) is 2. The molecular weight excluding hydrogens is 460 g/mol. The van der Waals surface area contributed by atoms with E-state index in [9.17, 15) is 23.2 Å². The average Bonchev–Trinajstić information content (AvgIpc) is 3.06. The molecule has 0 spiro atoms. The highest BCUT2D eigenvalue weighted by atomic mass is 19.3. The summed E-state index contributed by atoms with van der Waals surface area (Å²) in [5.74, 6) is -1.95. The van der Waals surface area contributed by atoms with Crippen molar-refractivity contribution >= 4 is 17.7 Å². The maximum absolute atomic E-state index is 13.8. The van der Waals surface area contributed by atoms with Crippen LogP contribution in [0.2, 0.25) is 0 Å². The van der Waals surface area contributed by atoms with Gasteiger partial charge in [-0.25, -0.2) is 0 Å². The first-order chi connectivity index (χ1) is 16.8. The minimum Gasteiger partial charge on any atom is -0.491 e. The van der Waals surface area contributed by atoms with E-state index >= 15 is 0 Å². The monoisotopic (exact) mass is 487 g/mol. The predicted molar refractivity (Wildman–Crippen MR) is 121 cm³/mol. The molecule has 2 heterocycles. The fourth-order valence-electron chi connectivity index (χ4n) is 4.31. The zero-order valence-corrected chi connectivity index (χ0v) is 19.3. The van der Waals surface area contributed by atoms with Gasteiger partial charge in [-0.1, -0.05) is 43.3 Å². The van der Waals surface area contributed by atoms with Crippen LogP contribution in [-0.2, 0) is 20.9 Å². The Hall–Kier alpha value is -3.53. The van der Waals surface area contributed by atoms with Crippen LogP contribution in [0.5, 0.6) is 5.75 Å². The Labute approximate surface area is 201 Å². The third-order valence-corrected chi connectivity index (χ3v) is 6.50. The number of benzene rings is 2. The lowest BCUT2D eigenvalue weighted by Gasteiger charge is -2.39. The Morgan fingerprint density at radius 2 is 1.77 bits per heavy atom. The Morgan fingerprint density at radius 3 is 2.46 bits per heavy atom. The van der Waals surface area contributed by atoms with Crippen LogP contribution < -0.4 is 15.6 Å². The van der Waals surface area contributed by atoms with Crippen molar-refractivity contribution in [2.45, 2.75) is 38.8 Å². The molecule has 1 atom stereocenters. The first-order valence-electron chi connectivity index (χ1n) is 11.4. The van der Waals surface area contributed by atoms with Gasteiger partial charge < -0.3 is 14.4 Å². The zero-order valence-electron chi connectivity index (χ0n) is 19.3. The van der Waals surface area contributed by atoms with Crippen LogP contribution in [0, 0.1) is 5.41 Å². The molecule has 8 nitrogen and oxygen atoms in total. The highest BCUT2D eigenvalue weighted by molar-refractivity contribution is 5.96. The van der Waals surface area contributed by atoms with Crippen molar-refractivity contribution in [1.29, 1.82) is 0 Å². The minimum absolute atomic E-state index is 0.0163. The number of hydrogen-bond donors (Lipinski definition) is 2. The van der Waals surface area contributed by atoms with Gasteiger partial charge in [0.05, 0.1) is 18.0 Å². The van der Waals surface area contributed by atoms with Crippen molar-refractivity contribution in [2.24, 2.45) is 5.41 Å². The summed E-state index contributed by atoms with van der Waals surface area (Å²) in [5.41, 5.74) is 4.83. The van der Waals surface area contributed by atoms with Gasteiger partial charge in [0.15, 0.2) is 0 Å². The molecule has 2 aliphatic heterocycles. The van der Waals surface area contributed by atoms with E-state index in [4.69, 9.17) is 9.47 Å². The highest BCUT2D eigenvalue weighted by Crippen LogP contribution is 2.39. The van der Waals surface area contributed by atoms with Gasteiger partial charge >= 0.3 is 12.3 Å². The van der Waals surface area contributed by atoms with Gasteiger partial charge in [0.2, 0.25) is 5.91 Å². The molecule has 10 heteroatoms. The Bertz CT molecular complexity index is 1090. The summed E-state index contributed by atoms with van der Waals surface area (Å²) < 4.78 is 36.3. The van der Waals surface area contributed by atoms with Crippen LogP contribution >= 0.6 is 0 Å². The van der Waals surface area contributed by atoms with Gasteiger partial charge in [-0.05, 0) is 30.5 Å². The fraction of sp³-hybridized carbons (Fsp3) is 0.400. The van der Waals surface area contributed by atoms with E-state index in [1.54, 1.807) is 11.5 Å². The quantitative estimate of drug-likeness (QED) is 0.647. The molecule has 0 saturated carbocycles. The van der Waals surface area contributed by atoms with Crippen LogP contribution in [0.3, 0.4) is 0 Å². The maximum Gasteiger partial charge on any atom is 0.317 e. The molecule has 1 saturated heterocycles. The van der Waals surface area contributed by atoms with Crippen molar-refractivity contribution < 1.29 is 32.6 Å². The number of carbonyl (C=O) groups is 3. The van der Waals surface area contributed by atoms with Gasteiger partial charge in [0, 0.05) is 24.3 Å². The van der Waals surface area contributed by atoms with Crippen molar-refractivity contribution in [1.82, 2.24) is 15.8 Å². The lowest BCUT2D eigenvalue weighted by molar-refractivity contribution is -0.150. The molecule has 0 aromatic heterocycles. The summed E-state index contributed by atoms with van der Waals surface area (Å²) in [6, 6.07) is 13.9. The lowest BCUT2D eigenvalue weighted by Crippen LogP contribution is -2.47. The van der Waals surface area contributed by atoms with Crippen molar-refractivity contribution in [3.05, 3.63) is 65.2 Å². The summed E-state index contributed by atoms with van der Waals surface area (Å²) >= 11 is 0. The summed E-state index contributed by atoms with van der Waals surface area (Å²) in [4.78, 5) is 39.1. The van der Waals surface area contributed by atoms with E-state index in [1.807, 2.05) is 47.6 Å². The van der Waals surface area contributed by atoms with E-state index in [-0.39, 0.29) is 30.7 Å². The van der Waals surface area contributed by atoms with Crippen LogP contribution in [0.15, 0.2) is 48.5 Å². The van der Waals surface area contributed by atoms with Gasteiger partial charge in [0.25, 0.3) is 5.91 Å². The second-order valence-electron chi connectivity index (χ2n) is 8.91.